The van der Waals surface area contributed by atoms with E-state index < -0.39 is 6.61 Å². The first-order valence-corrected chi connectivity index (χ1v) is 10.9. The summed E-state index contributed by atoms with van der Waals surface area (Å²) in [5, 5.41) is 0. The van der Waals surface area contributed by atoms with Crippen molar-refractivity contribution in [2.24, 2.45) is 5.92 Å². The third-order valence-corrected chi connectivity index (χ3v) is 5.97. The molecule has 2 bridgehead atoms. The van der Waals surface area contributed by atoms with Crippen molar-refractivity contribution in [3.63, 3.8) is 0 Å². The lowest BCUT2D eigenvalue weighted by Crippen LogP contribution is -2.36. The number of rotatable bonds is 5. The second-order valence-corrected chi connectivity index (χ2v) is 7.80. The molecule has 168 valence electrons. The van der Waals surface area contributed by atoms with E-state index in [-0.39, 0.29) is 11.6 Å². The summed E-state index contributed by atoms with van der Waals surface area (Å²) in [7, 11) is 0. The van der Waals surface area contributed by atoms with E-state index in [1.54, 1.807) is 6.20 Å². The third kappa shape index (κ3) is 4.51. The fourth-order valence-corrected chi connectivity index (χ4v) is 4.40. The van der Waals surface area contributed by atoms with Gasteiger partial charge in [0.05, 0.1) is 18.9 Å². The number of halogens is 2. The molecule has 0 aromatic carbocycles. The minimum atomic E-state index is -2.96. The van der Waals surface area contributed by atoms with E-state index in [1.807, 2.05) is 19.9 Å². The zero-order valence-electron chi connectivity index (χ0n) is 17.9. The Hall–Kier alpha value is -2.68. The van der Waals surface area contributed by atoms with E-state index in [9.17, 15) is 8.78 Å². The van der Waals surface area contributed by atoms with E-state index in [0.29, 0.717) is 30.5 Å². The van der Waals surface area contributed by atoms with Crippen molar-refractivity contribution in [3.05, 3.63) is 24.4 Å². The molecule has 31 heavy (non-hydrogen) atoms. The molecule has 0 atom stereocenters. The van der Waals surface area contributed by atoms with Crippen molar-refractivity contribution in [3.8, 4) is 17.0 Å². The Kier molecular flexibility index (Phi) is 6.41. The van der Waals surface area contributed by atoms with Crippen molar-refractivity contribution >= 4 is 17.3 Å². The predicted octanol–water partition coefficient (Wildman–Crippen LogP) is 3.79. The van der Waals surface area contributed by atoms with Crippen LogP contribution < -0.4 is 20.3 Å². The average molecular weight is 434 g/mol. The molecular formula is C22H29F2N5O2. The Bertz CT molecular complexity index is 901. The monoisotopic (exact) mass is 433 g/mol. The molecule has 6 rings (SSSR count). The van der Waals surface area contributed by atoms with Crippen molar-refractivity contribution in [1.29, 1.82) is 0 Å². The van der Waals surface area contributed by atoms with Crippen molar-refractivity contribution in [2.75, 3.05) is 48.4 Å². The first kappa shape index (κ1) is 21.5. The van der Waals surface area contributed by atoms with E-state index in [4.69, 9.17) is 15.5 Å². The van der Waals surface area contributed by atoms with Crippen molar-refractivity contribution < 1.29 is 18.3 Å². The molecule has 9 heteroatoms. The molecule has 1 saturated carbocycles. The number of nitrogens with zero attached hydrogens (tertiary/aromatic N) is 4. The van der Waals surface area contributed by atoms with Gasteiger partial charge >= 0.3 is 6.61 Å². The first-order valence-electron chi connectivity index (χ1n) is 10.9. The topological polar surface area (TPSA) is 76.7 Å². The van der Waals surface area contributed by atoms with Crippen LogP contribution in [0.2, 0.25) is 0 Å². The average Bonchev–Trinajstić information content (AvgIpc) is 3.38. The van der Waals surface area contributed by atoms with Gasteiger partial charge in [-0.2, -0.15) is 8.78 Å². The third-order valence-electron chi connectivity index (χ3n) is 5.97. The van der Waals surface area contributed by atoms with Crippen LogP contribution in [-0.4, -0.2) is 55.5 Å². The highest BCUT2D eigenvalue weighted by Gasteiger charge is 2.43. The second kappa shape index (κ2) is 9.21. The van der Waals surface area contributed by atoms with Crippen molar-refractivity contribution in [1.82, 2.24) is 9.97 Å². The highest BCUT2D eigenvalue weighted by atomic mass is 19.3. The summed E-state index contributed by atoms with van der Waals surface area (Å²) in [5.41, 5.74) is 8.00. The number of hydrogen-bond acceptors (Lipinski definition) is 7. The maximum absolute atomic E-state index is 12.7. The van der Waals surface area contributed by atoms with Gasteiger partial charge in [0.15, 0.2) is 11.6 Å². The molecular weight excluding hydrogens is 404 g/mol. The summed E-state index contributed by atoms with van der Waals surface area (Å²) in [6.45, 7) is 5.01. The van der Waals surface area contributed by atoms with Crippen LogP contribution in [0.1, 0.15) is 26.7 Å². The zero-order chi connectivity index (χ0) is 22.0. The molecule has 5 heterocycles. The van der Waals surface area contributed by atoms with Gasteiger partial charge in [0.1, 0.15) is 5.82 Å². The maximum Gasteiger partial charge on any atom is 0.387 e. The van der Waals surface area contributed by atoms with Crippen LogP contribution in [0.5, 0.6) is 5.75 Å². The molecule has 2 N–H and O–H groups in total. The van der Waals surface area contributed by atoms with Crippen LogP contribution >= 0.6 is 0 Å². The number of nitrogen functional groups attached to an aromatic ring is 1. The molecule has 2 aromatic heterocycles. The molecule has 3 saturated heterocycles. The molecule has 1 aliphatic carbocycles. The molecule has 7 nitrogen and oxygen atoms in total. The Morgan fingerprint density at radius 2 is 1.90 bits per heavy atom. The lowest BCUT2D eigenvalue weighted by atomic mass is 9.86. The van der Waals surface area contributed by atoms with Crippen LogP contribution in [0.25, 0.3) is 11.3 Å². The van der Waals surface area contributed by atoms with E-state index in [0.717, 1.165) is 37.1 Å². The maximum atomic E-state index is 12.7. The number of alkyl halides is 2. The molecule has 3 aliphatic heterocycles. The molecule has 2 aromatic rings. The molecule has 0 unspecified atom stereocenters. The summed E-state index contributed by atoms with van der Waals surface area (Å²) in [4.78, 5) is 13.5. The molecule has 4 fully saturated rings. The number of fused-ring (bicyclic) bond motifs is 1. The highest BCUT2D eigenvalue weighted by molar-refractivity contribution is 5.71. The quantitative estimate of drug-likeness (QED) is 0.769. The van der Waals surface area contributed by atoms with Gasteiger partial charge in [-0.15, -0.1) is 0 Å². The summed E-state index contributed by atoms with van der Waals surface area (Å²) in [6, 6.07) is 6.11. The Morgan fingerprint density at radius 3 is 2.55 bits per heavy atom. The number of pyridine rings is 2. The molecule has 0 spiro atoms. The van der Waals surface area contributed by atoms with Crippen LogP contribution in [0.4, 0.5) is 26.1 Å². The van der Waals surface area contributed by atoms with Gasteiger partial charge in [-0.3, -0.25) is 0 Å². The smallest absolute Gasteiger partial charge is 0.387 e. The largest absolute Gasteiger partial charge is 0.431 e. The van der Waals surface area contributed by atoms with Gasteiger partial charge < -0.3 is 25.0 Å². The minimum Gasteiger partial charge on any atom is -0.431 e. The van der Waals surface area contributed by atoms with E-state index >= 15 is 0 Å². The molecule has 0 radical (unpaired) electrons. The fourth-order valence-electron chi connectivity index (χ4n) is 4.40. The lowest BCUT2D eigenvalue weighted by Gasteiger charge is -2.31. The van der Waals surface area contributed by atoms with Crippen molar-refractivity contribution in [2.45, 2.75) is 39.3 Å². The van der Waals surface area contributed by atoms with Gasteiger partial charge in [-0.1, -0.05) is 13.8 Å². The van der Waals surface area contributed by atoms with Crippen LogP contribution in [0.15, 0.2) is 24.4 Å². The number of morpholine rings is 1. The van der Waals surface area contributed by atoms with Gasteiger partial charge in [0.2, 0.25) is 0 Å². The number of hydrogen-bond donors (Lipinski definition) is 1. The summed E-state index contributed by atoms with van der Waals surface area (Å²) in [5.74, 6) is 1.46. The van der Waals surface area contributed by atoms with E-state index in [1.165, 1.54) is 18.9 Å². The Morgan fingerprint density at radius 1 is 1.16 bits per heavy atom. The zero-order valence-corrected chi connectivity index (χ0v) is 17.9. The predicted molar refractivity (Wildman–Crippen MR) is 117 cm³/mol. The summed E-state index contributed by atoms with van der Waals surface area (Å²) in [6.07, 6.45) is 3.98. The number of anilines is 3. The van der Waals surface area contributed by atoms with Gasteiger partial charge in [0.25, 0.3) is 0 Å². The molecule has 4 aliphatic rings. The van der Waals surface area contributed by atoms with Crippen LogP contribution in [0.3, 0.4) is 0 Å². The van der Waals surface area contributed by atoms with Gasteiger partial charge in [0, 0.05) is 49.2 Å². The van der Waals surface area contributed by atoms with Crippen LogP contribution in [-0.2, 0) is 4.74 Å². The van der Waals surface area contributed by atoms with Gasteiger partial charge in [-0.05, 0) is 30.9 Å². The standard InChI is InChI=1S/C20H23F2N5O2.C2H6/c21-20(22)29-17-7-13(10-24-19(17)23)16-8-14(26-1-3-28-4-2-26)9-18(25-16)27-11-12-5-15(27)6-12;1-2/h7-10,12,15,20H,1-6,11H2,(H2,23,24);1-2H3. The van der Waals surface area contributed by atoms with E-state index in [2.05, 4.69) is 25.6 Å². The highest BCUT2D eigenvalue weighted by Crippen LogP contribution is 2.44. The number of ether oxygens (including phenoxy) is 2. The Labute approximate surface area is 181 Å². The van der Waals surface area contributed by atoms with Crippen LogP contribution in [0, 0.1) is 5.92 Å². The lowest BCUT2D eigenvalue weighted by molar-refractivity contribution is -0.0494. The van der Waals surface area contributed by atoms with Gasteiger partial charge in [-0.25, -0.2) is 9.97 Å². The molecule has 0 amide bonds. The summed E-state index contributed by atoms with van der Waals surface area (Å²) < 4.78 is 35.4. The minimum absolute atomic E-state index is 0.0704. The normalized spacial score (nSPS) is 22.1. The first-order chi connectivity index (χ1) is 15.1. The number of aromatic nitrogens is 2. The Balaban J connectivity index is 0.00000112. The SMILES string of the molecule is CC.Nc1ncc(-c2cc(N3CCOCC3)cc(N3CC4CC3C4)n2)cc1OC(F)F. The number of nitrogens with two attached hydrogens (primary N) is 1. The summed E-state index contributed by atoms with van der Waals surface area (Å²) >= 11 is 0. The fraction of sp³-hybridized carbons (Fsp3) is 0.545. The second-order valence-electron chi connectivity index (χ2n) is 7.80.